The van der Waals surface area contributed by atoms with Gasteiger partial charge in [-0.05, 0) is 49.3 Å². The molecule has 2 atom stereocenters. The molecule has 1 aliphatic rings. The number of rotatable bonds is 5. The molecule has 112 valence electrons. The molecule has 0 amide bonds. The van der Waals surface area contributed by atoms with Crippen LogP contribution < -0.4 is 5.32 Å². The summed E-state index contributed by atoms with van der Waals surface area (Å²) in [5.74, 6) is 0.398. The summed E-state index contributed by atoms with van der Waals surface area (Å²) in [5, 5.41) is 4.10. The van der Waals surface area contributed by atoms with Crippen LogP contribution in [0.3, 0.4) is 0 Å². The van der Waals surface area contributed by atoms with E-state index in [2.05, 4.69) is 26.1 Å². The van der Waals surface area contributed by atoms with Gasteiger partial charge < -0.3 is 5.32 Å². The minimum absolute atomic E-state index is 0.184. The zero-order valence-corrected chi connectivity index (χ0v) is 13.4. The van der Waals surface area contributed by atoms with Gasteiger partial charge in [0.2, 0.25) is 0 Å². The highest BCUT2D eigenvalue weighted by Crippen LogP contribution is 2.45. The second-order valence-corrected chi connectivity index (χ2v) is 6.96. The maximum atomic E-state index is 14.0. The molecule has 0 aromatic heterocycles. The van der Waals surface area contributed by atoms with E-state index in [1.54, 1.807) is 12.1 Å². The minimum Gasteiger partial charge on any atom is -0.314 e. The van der Waals surface area contributed by atoms with Crippen molar-refractivity contribution in [3.8, 4) is 0 Å². The highest BCUT2D eigenvalue weighted by molar-refractivity contribution is 6.31. The van der Waals surface area contributed by atoms with Crippen LogP contribution >= 0.6 is 11.6 Å². The molecule has 2 rings (SSSR count). The third kappa shape index (κ3) is 3.35. The van der Waals surface area contributed by atoms with Crippen molar-refractivity contribution in [2.45, 2.75) is 52.5 Å². The molecule has 0 radical (unpaired) electrons. The van der Waals surface area contributed by atoms with Gasteiger partial charge in [-0.25, -0.2) is 4.39 Å². The Morgan fingerprint density at radius 2 is 2.20 bits per heavy atom. The standard InChI is InChI=1S/C17H25ClFN/c1-4-20-16(13-7-6-10-17(13,2)3)11-12-14(18)8-5-9-15(12)19/h5,8-9,13,16,20H,4,6-7,10-11H2,1-3H3. The third-order valence-corrected chi connectivity index (χ3v) is 5.13. The van der Waals surface area contributed by atoms with Crippen molar-refractivity contribution in [3.05, 3.63) is 34.6 Å². The molecule has 0 heterocycles. The molecule has 1 nitrogen and oxygen atoms in total. The lowest BCUT2D eigenvalue weighted by atomic mass is 9.76. The SMILES string of the molecule is CCNC(Cc1c(F)cccc1Cl)C1CCCC1(C)C. The van der Waals surface area contributed by atoms with Crippen LogP contribution in [0.4, 0.5) is 4.39 Å². The van der Waals surface area contributed by atoms with Gasteiger partial charge in [0.1, 0.15) is 5.82 Å². The first-order valence-corrected chi connectivity index (χ1v) is 7.99. The van der Waals surface area contributed by atoms with Gasteiger partial charge in [0.25, 0.3) is 0 Å². The van der Waals surface area contributed by atoms with Crippen LogP contribution in [-0.4, -0.2) is 12.6 Å². The Kier molecular flexibility index (Phi) is 5.09. The first-order valence-electron chi connectivity index (χ1n) is 7.62. The van der Waals surface area contributed by atoms with Gasteiger partial charge in [-0.2, -0.15) is 0 Å². The van der Waals surface area contributed by atoms with Crippen LogP contribution in [0.1, 0.15) is 45.6 Å². The minimum atomic E-state index is -0.184. The van der Waals surface area contributed by atoms with Crippen molar-refractivity contribution in [2.24, 2.45) is 11.3 Å². The second-order valence-electron chi connectivity index (χ2n) is 6.56. The van der Waals surface area contributed by atoms with Gasteiger partial charge in [0.05, 0.1) is 0 Å². The monoisotopic (exact) mass is 297 g/mol. The van der Waals surface area contributed by atoms with Crippen LogP contribution in [0.25, 0.3) is 0 Å². The molecule has 0 bridgehead atoms. The Morgan fingerprint density at radius 1 is 1.45 bits per heavy atom. The van der Waals surface area contributed by atoms with Crippen LogP contribution in [0, 0.1) is 17.2 Å². The molecular weight excluding hydrogens is 273 g/mol. The van der Waals surface area contributed by atoms with E-state index < -0.39 is 0 Å². The molecule has 1 N–H and O–H groups in total. The molecule has 1 aliphatic carbocycles. The predicted molar refractivity (Wildman–Crippen MR) is 83.7 cm³/mol. The first kappa shape index (κ1) is 15.8. The van der Waals surface area contributed by atoms with Crippen molar-refractivity contribution < 1.29 is 4.39 Å². The highest BCUT2D eigenvalue weighted by atomic mass is 35.5. The van der Waals surface area contributed by atoms with Gasteiger partial charge in [0, 0.05) is 16.6 Å². The Bertz CT molecular complexity index is 438. The highest BCUT2D eigenvalue weighted by Gasteiger charge is 2.39. The van der Waals surface area contributed by atoms with E-state index in [9.17, 15) is 4.39 Å². The lowest BCUT2D eigenvalue weighted by Gasteiger charge is -2.35. The van der Waals surface area contributed by atoms with Crippen LogP contribution in [0.5, 0.6) is 0 Å². The number of hydrogen-bond acceptors (Lipinski definition) is 1. The van der Waals surface area contributed by atoms with Gasteiger partial charge in [-0.3, -0.25) is 0 Å². The molecule has 2 unspecified atom stereocenters. The summed E-state index contributed by atoms with van der Waals surface area (Å²) in [4.78, 5) is 0. The number of hydrogen-bond donors (Lipinski definition) is 1. The fourth-order valence-corrected chi connectivity index (χ4v) is 3.91. The molecule has 0 saturated heterocycles. The Hall–Kier alpha value is -0.600. The Labute approximate surface area is 126 Å². The molecule has 20 heavy (non-hydrogen) atoms. The maximum Gasteiger partial charge on any atom is 0.127 e. The van der Waals surface area contributed by atoms with E-state index in [0.29, 0.717) is 34.4 Å². The lowest BCUT2D eigenvalue weighted by Crippen LogP contribution is -2.42. The molecule has 1 fully saturated rings. The van der Waals surface area contributed by atoms with Gasteiger partial charge in [0.15, 0.2) is 0 Å². The molecular formula is C17H25ClFN. The van der Waals surface area contributed by atoms with E-state index in [4.69, 9.17) is 11.6 Å². The second kappa shape index (κ2) is 6.44. The first-order chi connectivity index (χ1) is 9.45. The van der Waals surface area contributed by atoms with Crippen molar-refractivity contribution in [2.75, 3.05) is 6.54 Å². The average Bonchev–Trinajstić information content (AvgIpc) is 2.72. The topological polar surface area (TPSA) is 12.0 Å². The Morgan fingerprint density at radius 3 is 2.75 bits per heavy atom. The van der Waals surface area contributed by atoms with Gasteiger partial charge in [-0.1, -0.05) is 44.9 Å². The summed E-state index contributed by atoms with van der Waals surface area (Å²) in [6.45, 7) is 7.68. The summed E-state index contributed by atoms with van der Waals surface area (Å²) >= 11 is 6.18. The average molecular weight is 298 g/mol. The predicted octanol–water partition coefficient (Wildman–Crippen LogP) is 4.83. The van der Waals surface area contributed by atoms with Crippen molar-refractivity contribution in [3.63, 3.8) is 0 Å². The number of nitrogens with one attached hydrogen (secondary N) is 1. The largest absolute Gasteiger partial charge is 0.314 e. The third-order valence-electron chi connectivity index (χ3n) is 4.78. The van der Waals surface area contributed by atoms with Crippen LogP contribution in [0.2, 0.25) is 5.02 Å². The van der Waals surface area contributed by atoms with Crippen molar-refractivity contribution in [1.82, 2.24) is 5.32 Å². The summed E-state index contributed by atoms with van der Waals surface area (Å²) in [5.41, 5.74) is 0.979. The number of likely N-dealkylation sites (N-methyl/N-ethyl adjacent to an activating group) is 1. The maximum absolute atomic E-state index is 14.0. The number of halogens is 2. The summed E-state index contributed by atoms with van der Waals surface area (Å²) in [6.07, 6.45) is 4.42. The van der Waals surface area contributed by atoms with E-state index in [0.717, 1.165) is 6.54 Å². The number of benzene rings is 1. The molecule has 3 heteroatoms. The van der Waals surface area contributed by atoms with E-state index >= 15 is 0 Å². The summed E-state index contributed by atoms with van der Waals surface area (Å²) in [7, 11) is 0. The van der Waals surface area contributed by atoms with E-state index in [1.165, 1.54) is 25.3 Å². The Balaban J connectivity index is 2.22. The molecule has 0 spiro atoms. The molecule has 1 saturated carbocycles. The van der Waals surface area contributed by atoms with Crippen molar-refractivity contribution in [1.29, 1.82) is 0 Å². The smallest absolute Gasteiger partial charge is 0.127 e. The zero-order chi connectivity index (χ0) is 14.8. The molecule has 0 aliphatic heterocycles. The van der Waals surface area contributed by atoms with Crippen LogP contribution in [0.15, 0.2) is 18.2 Å². The fourth-order valence-electron chi connectivity index (χ4n) is 3.67. The lowest BCUT2D eigenvalue weighted by molar-refractivity contribution is 0.196. The van der Waals surface area contributed by atoms with Crippen LogP contribution in [-0.2, 0) is 6.42 Å². The molecule has 1 aromatic rings. The summed E-state index contributed by atoms with van der Waals surface area (Å²) < 4.78 is 14.0. The van der Waals surface area contributed by atoms with Gasteiger partial charge in [-0.15, -0.1) is 0 Å². The fraction of sp³-hybridized carbons (Fsp3) is 0.647. The van der Waals surface area contributed by atoms with E-state index in [-0.39, 0.29) is 5.82 Å². The summed E-state index contributed by atoms with van der Waals surface area (Å²) in [6, 6.07) is 5.25. The van der Waals surface area contributed by atoms with Crippen molar-refractivity contribution >= 4 is 11.6 Å². The zero-order valence-electron chi connectivity index (χ0n) is 12.7. The van der Waals surface area contributed by atoms with E-state index in [1.807, 2.05) is 0 Å². The van der Waals surface area contributed by atoms with Gasteiger partial charge >= 0.3 is 0 Å². The molecule has 1 aromatic carbocycles. The quantitative estimate of drug-likeness (QED) is 0.821. The normalized spacial score (nSPS) is 22.9.